The minimum Gasteiger partial charge on any atom is -0.324 e. The minimum absolute atomic E-state index is 0.218. The highest BCUT2D eigenvalue weighted by molar-refractivity contribution is 7.11. The Bertz CT molecular complexity index is 786. The molecule has 4 nitrogen and oxygen atoms in total. The third-order valence-electron chi connectivity index (χ3n) is 3.28. The summed E-state index contributed by atoms with van der Waals surface area (Å²) in [4.78, 5) is 13.1. The predicted octanol–water partition coefficient (Wildman–Crippen LogP) is 3.61. The molecule has 2 heterocycles. The molecule has 0 saturated heterocycles. The van der Waals surface area contributed by atoms with E-state index >= 15 is 0 Å². The van der Waals surface area contributed by atoms with Crippen molar-refractivity contribution in [2.75, 3.05) is 0 Å². The van der Waals surface area contributed by atoms with Gasteiger partial charge in [0.15, 0.2) is 0 Å². The van der Waals surface area contributed by atoms with Crippen molar-refractivity contribution in [3.63, 3.8) is 0 Å². The number of aromatic nitrogens is 1. The van der Waals surface area contributed by atoms with Gasteiger partial charge in [-0.05, 0) is 60.3 Å². The molecule has 0 aliphatic heterocycles. The summed E-state index contributed by atoms with van der Waals surface area (Å²) in [7, 11) is 0. The first-order chi connectivity index (χ1) is 10.7. The van der Waals surface area contributed by atoms with Crippen LogP contribution in [0.15, 0.2) is 65.3 Å². The molecular weight excluding hydrogens is 294 g/mol. The van der Waals surface area contributed by atoms with E-state index in [1.807, 2.05) is 59.6 Å². The van der Waals surface area contributed by atoms with Crippen LogP contribution in [0.4, 0.5) is 0 Å². The van der Waals surface area contributed by atoms with Gasteiger partial charge < -0.3 is 4.57 Å². The first-order valence-electron chi connectivity index (χ1n) is 6.85. The summed E-state index contributed by atoms with van der Waals surface area (Å²) in [6, 6.07) is 13.3. The second kappa shape index (κ2) is 6.41. The standard InChI is InChI=1S/C17H15N3OS/c1-13-8-11-22-16(13)12-18-19-17(21)14-4-6-15(7-5-14)20-9-2-3-10-20/h2-12H,1H3,(H,19,21)/b18-12-. The smallest absolute Gasteiger partial charge is 0.271 e. The zero-order valence-electron chi connectivity index (χ0n) is 12.1. The van der Waals surface area contributed by atoms with E-state index in [1.54, 1.807) is 29.7 Å². The van der Waals surface area contributed by atoms with Crippen LogP contribution in [0.25, 0.3) is 5.69 Å². The van der Waals surface area contributed by atoms with Gasteiger partial charge in [0.2, 0.25) is 0 Å². The number of rotatable bonds is 4. The number of carbonyl (C=O) groups excluding carboxylic acids is 1. The number of carbonyl (C=O) groups is 1. The average Bonchev–Trinajstić information content (AvgIpc) is 3.20. The Morgan fingerprint density at radius 2 is 1.91 bits per heavy atom. The van der Waals surface area contributed by atoms with Gasteiger partial charge in [0.25, 0.3) is 5.91 Å². The summed E-state index contributed by atoms with van der Waals surface area (Å²) in [5.41, 5.74) is 5.29. The van der Waals surface area contributed by atoms with Crippen molar-refractivity contribution in [2.45, 2.75) is 6.92 Å². The van der Waals surface area contributed by atoms with Crippen LogP contribution < -0.4 is 5.43 Å². The fraction of sp³-hybridized carbons (Fsp3) is 0.0588. The average molecular weight is 309 g/mol. The molecule has 5 heteroatoms. The molecule has 22 heavy (non-hydrogen) atoms. The predicted molar refractivity (Wildman–Crippen MR) is 89.9 cm³/mol. The minimum atomic E-state index is -0.218. The van der Waals surface area contributed by atoms with Gasteiger partial charge in [0, 0.05) is 28.5 Å². The molecule has 3 rings (SSSR count). The van der Waals surface area contributed by atoms with E-state index < -0.39 is 0 Å². The Kier molecular flexibility index (Phi) is 4.16. The molecule has 0 aliphatic carbocycles. The van der Waals surface area contributed by atoms with Crippen LogP contribution in [0.5, 0.6) is 0 Å². The van der Waals surface area contributed by atoms with Crippen molar-refractivity contribution < 1.29 is 4.79 Å². The second-order valence-corrected chi connectivity index (χ2v) is 5.75. The molecule has 0 aliphatic rings. The van der Waals surface area contributed by atoms with Crippen molar-refractivity contribution in [2.24, 2.45) is 5.10 Å². The molecule has 0 radical (unpaired) electrons. The number of benzene rings is 1. The Hall–Kier alpha value is -2.66. The van der Waals surface area contributed by atoms with Gasteiger partial charge in [-0.2, -0.15) is 5.10 Å². The maximum absolute atomic E-state index is 12.0. The topological polar surface area (TPSA) is 46.4 Å². The van der Waals surface area contributed by atoms with Gasteiger partial charge in [-0.1, -0.05) is 0 Å². The van der Waals surface area contributed by atoms with E-state index in [9.17, 15) is 4.79 Å². The van der Waals surface area contributed by atoms with Gasteiger partial charge in [0.1, 0.15) is 0 Å². The number of nitrogens with zero attached hydrogens (tertiary/aromatic N) is 2. The number of hydrazone groups is 1. The Balaban J connectivity index is 1.65. The highest BCUT2D eigenvalue weighted by Crippen LogP contribution is 2.12. The van der Waals surface area contributed by atoms with Crippen molar-refractivity contribution in [3.05, 3.63) is 76.2 Å². The molecule has 0 spiro atoms. The summed E-state index contributed by atoms with van der Waals surface area (Å²) >= 11 is 1.59. The number of thiophene rings is 1. The summed E-state index contributed by atoms with van der Waals surface area (Å²) in [6.45, 7) is 2.01. The molecule has 1 amide bonds. The molecule has 0 bridgehead atoms. The lowest BCUT2D eigenvalue weighted by Crippen LogP contribution is -2.17. The van der Waals surface area contributed by atoms with E-state index in [0.717, 1.165) is 16.1 Å². The Morgan fingerprint density at radius 3 is 2.55 bits per heavy atom. The molecule has 110 valence electrons. The van der Waals surface area contributed by atoms with Gasteiger partial charge in [-0.3, -0.25) is 4.79 Å². The van der Waals surface area contributed by atoms with Crippen molar-refractivity contribution in [1.29, 1.82) is 0 Å². The first kappa shape index (κ1) is 14.3. The van der Waals surface area contributed by atoms with Crippen LogP contribution in [0, 0.1) is 6.92 Å². The third kappa shape index (κ3) is 3.15. The molecule has 0 unspecified atom stereocenters. The van der Waals surface area contributed by atoms with Gasteiger partial charge in [0.05, 0.1) is 6.21 Å². The molecule has 2 aromatic heterocycles. The lowest BCUT2D eigenvalue weighted by atomic mass is 10.2. The van der Waals surface area contributed by atoms with E-state index in [-0.39, 0.29) is 5.91 Å². The molecule has 0 atom stereocenters. The highest BCUT2D eigenvalue weighted by Gasteiger charge is 2.04. The zero-order valence-corrected chi connectivity index (χ0v) is 12.9. The maximum Gasteiger partial charge on any atom is 0.271 e. The number of aryl methyl sites for hydroxylation is 1. The van der Waals surface area contributed by atoms with Gasteiger partial charge >= 0.3 is 0 Å². The van der Waals surface area contributed by atoms with E-state index in [1.165, 1.54) is 0 Å². The van der Waals surface area contributed by atoms with Crippen LogP contribution in [0.2, 0.25) is 0 Å². The van der Waals surface area contributed by atoms with Crippen molar-refractivity contribution >= 4 is 23.5 Å². The third-order valence-corrected chi connectivity index (χ3v) is 4.24. The monoisotopic (exact) mass is 309 g/mol. The second-order valence-electron chi connectivity index (χ2n) is 4.80. The number of hydrogen-bond acceptors (Lipinski definition) is 3. The zero-order chi connectivity index (χ0) is 15.4. The van der Waals surface area contributed by atoms with E-state index in [0.29, 0.717) is 5.56 Å². The Labute approximate surface area is 132 Å². The van der Waals surface area contributed by atoms with E-state index in [2.05, 4.69) is 10.5 Å². The number of hydrogen-bond donors (Lipinski definition) is 1. The molecule has 1 N–H and O–H groups in total. The van der Waals surface area contributed by atoms with E-state index in [4.69, 9.17) is 0 Å². The van der Waals surface area contributed by atoms with Crippen LogP contribution in [-0.2, 0) is 0 Å². The quantitative estimate of drug-likeness (QED) is 0.581. The Morgan fingerprint density at radius 1 is 1.18 bits per heavy atom. The first-order valence-corrected chi connectivity index (χ1v) is 7.73. The fourth-order valence-corrected chi connectivity index (χ4v) is 2.81. The fourth-order valence-electron chi connectivity index (χ4n) is 2.02. The lowest BCUT2D eigenvalue weighted by molar-refractivity contribution is 0.0955. The van der Waals surface area contributed by atoms with Crippen LogP contribution in [0.1, 0.15) is 20.8 Å². The molecular formula is C17H15N3OS. The SMILES string of the molecule is Cc1ccsc1/C=N\NC(=O)c1ccc(-n2cccc2)cc1. The normalized spacial score (nSPS) is 11.0. The highest BCUT2D eigenvalue weighted by atomic mass is 32.1. The lowest BCUT2D eigenvalue weighted by Gasteiger charge is -2.04. The van der Waals surface area contributed by atoms with Crippen LogP contribution in [-0.4, -0.2) is 16.7 Å². The maximum atomic E-state index is 12.0. The summed E-state index contributed by atoms with van der Waals surface area (Å²) in [6.07, 6.45) is 5.59. The summed E-state index contributed by atoms with van der Waals surface area (Å²) in [5.74, 6) is -0.218. The van der Waals surface area contributed by atoms with Crippen LogP contribution in [0.3, 0.4) is 0 Å². The van der Waals surface area contributed by atoms with Crippen LogP contribution >= 0.6 is 11.3 Å². The molecule has 0 fully saturated rings. The van der Waals surface area contributed by atoms with Crippen molar-refractivity contribution in [1.82, 2.24) is 9.99 Å². The largest absolute Gasteiger partial charge is 0.324 e. The number of amides is 1. The summed E-state index contributed by atoms with van der Waals surface area (Å²) in [5, 5.41) is 6.00. The molecule has 0 saturated carbocycles. The van der Waals surface area contributed by atoms with Gasteiger partial charge in [-0.15, -0.1) is 11.3 Å². The van der Waals surface area contributed by atoms with Crippen molar-refractivity contribution in [3.8, 4) is 5.69 Å². The van der Waals surface area contributed by atoms with Gasteiger partial charge in [-0.25, -0.2) is 5.43 Å². The molecule has 1 aromatic carbocycles. The summed E-state index contributed by atoms with van der Waals surface area (Å²) < 4.78 is 1.99. The number of nitrogens with one attached hydrogen (secondary N) is 1. The molecule has 3 aromatic rings.